The van der Waals surface area contributed by atoms with Crippen molar-refractivity contribution in [2.45, 2.75) is 38.5 Å². The van der Waals surface area contributed by atoms with Crippen LogP contribution >= 0.6 is 0 Å². The molecule has 0 aromatic heterocycles. The van der Waals surface area contributed by atoms with E-state index in [1.807, 2.05) is 0 Å². The molecule has 0 aromatic carbocycles. The van der Waals surface area contributed by atoms with Crippen molar-refractivity contribution in [3.8, 4) is 0 Å². The molecule has 1 saturated heterocycles. The third kappa shape index (κ3) is 2.69. The van der Waals surface area contributed by atoms with E-state index in [0.717, 1.165) is 29.6 Å². The summed E-state index contributed by atoms with van der Waals surface area (Å²) in [7, 11) is 0. The largest absolute Gasteiger partial charge is 0.314 e. The first-order chi connectivity index (χ1) is 9.88. The van der Waals surface area contributed by atoms with E-state index in [9.17, 15) is 0 Å². The van der Waals surface area contributed by atoms with Gasteiger partial charge in [0.25, 0.3) is 0 Å². The second-order valence-corrected chi connectivity index (χ2v) is 7.82. The maximum atomic E-state index is 3.43. The van der Waals surface area contributed by atoms with Crippen LogP contribution in [0.1, 0.15) is 38.5 Å². The van der Waals surface area contributed by atoms with Gasteiger partial charge in [0.15, 0.2) is 0 Å². The first kappa shape index (κ1) is 13.3. The topological polar surface area (TPSA) is 15.3 Å². The van der Waals surface area contributed by atoms with Crippen LogP contribution < -0.4 is 5.32 Å². The Morgan fingerprint density at radius 3 is 2.20 bits per heavy atom. The number of rotatable bonds is 4. The summed E-state index contributed by atoms with van der Waals surface area (Å²) in [5.74, 6) is 5.29. The summed E-state index contributed by atoms with van der Waals surface area (Å²) < 4.78 is 0. The molecule has 0 spiro atoms. The molecule has 5 fully saturated rings. The van der Waals surface area contributed by atoms with Gasteiger partial charge in [0.1, 0.15) is 0 Å². The van der Waals surface area contributed by atoms with Crippen molar-refractivity contribution in [3.05, 3.63) is 12.2 Å². The van der Waals surface area contributed by atoms with Crippen LogP contribution in [-0.2, 0) is 0 Å². The van der Waals surface area contributed by atoms with Crippen molar-refractivity contribution in [3.63, 3.8) is 0 Å². The zero-order valence-corrected chi connectivity index (χ0v) is 12.8. The fourth-order valence-electron chi connectivity index (χ4n) is 5.73. The molecule has 4 aliphatic carbocycles. The molecule has 4 bridgehead atoms. The van der Waals surface area contributed by atoms with Crippen molar-refractivity contribution >= 4 is 0 Å². The molecule has 5 aliphatic rings. The van der Waals surface area contributed by atoms with Crippen LogP contribution in [0, 0.1) is 29.6 Å². The van der Waals surface area contributed by atoms with Crippen LogP contribution in [0.5, 0.6) is 0 Å². The zero-order valence-electron chi connectivity index (χ0n) is 12.8. The van der Waals surface area contributed by atoms with E-state index in [1.54, 1.807) is 32.1 Å². The van der Waals surface area contributed by atoms with Gasteiger partial charge >= 0.3 is 0 Å². The molecule has 0 radical (unpaired) electrons. The first-order valence-corrected chi connectivity index (χ1v) is 8.98. The summed E-state index contributed by atoms with van der Waals surface area (Å²) in [4.78, 5) is 2.61. The summed E-state index contributed by atoms with van der Waals surface area (Å²) in [5.41, 5.74) is 0. The van der Waals surface area contributed by atoms with Crippen molar-refractivity contribution in [1.82, 2.24) is 10.2 Å². The quantitative estimate of drug-likeness (QED) is 0.793. The van der Waals surface area contributed by atoms with E-state index in [1.165, 1.54) is 39.1 Å². The Morgan fingerprint density at radius 2 is 1.55 bits per heavy atom. The second-order valence-electron chi connectivity index (χ2n) is 7.82. The van der Waals surface area contributed by atoms with E-state index in [2.05, 4.69) is 22.4 Å². The summed E-state index contributed by atoms with van der Waals surface area (Å²) in [6.07, 6.45) is 14.2. The Balaban J connectivity index is 1.27. The van der Waals surface area contributed by atoms with E-state index in [4.69, 9.17) is 0 Å². The lowest BCUT2D eigenvalue weighted by atomic mass is 9.52. The molecule has 5 rings (SSSR count). The van der Waals surface area contributed by atoms with Crippen LogP contribution in [0.2, 0.25) is 0 Å². The highest BCUT2D eigenvalue weighted by Gasteiger charge is 2.46. The molecule has 112 valence electrons. The molecule has 1 N–H and O–H groups in total. The Hall–Kier alpha value is -0.340. The van der Waals surface area contributed by atoms with Crippen molar-refractivity contribution in [1.29, 1.82) is 0 Å². The molecule has 20 heavy (non-hydrogen) atoms. The highest BCUT2D eigenvalue weighted by Crippen LogP contribution is 2.56. The van der Waals surface area contributed by atoms with Crippen LogP contribution in [0.25, 0.3) is 0 Å². The zero-order chi connectivity index (χ0) is 13.4. The minimum atomic E-state index is 0.950. The Bertz CT molecular complexity index is 328. The third-order valence-electron chi connectivity index (χ3n) is 6.48. The lowest BCUT2D eigenvalue weighted by Gasteiger charge is -2.53. The predicted octanol–water partition coefficient (Wildman–Crippen LogP) is 2.91. The van der Waals surface area contributed by atoms with Crippen LogP contribution in [-0.4, -0.2) is 37.6 Å². The molecular formula is C18H30N2. The van der Waals surface area contributed by atoms with Gasteiger partial charge in [-0.1, -0.05) is 12.2 Å². The van der Waals surface area contributed by atoms with Crippen molar-refractivity contribution < 1.29 is 0 Å². The van der Waals surface area contributed by atoms with E-state index in [0.29, 0.717) is 0 Å². The molecule has 0 atom stereocenters. The number of hydrogen-bond donors (Lipinski definition) is 1. The molecule has 0 amide bonds. The molecule has 2 heteroatoms. The fraction of sp³-hybridized carbons (Fsp3) is 0.889. The van der Waals surface area contributed by atoms with Crippen molar-refractivity contribution in [2.24, 2.45) is 29.6 Å². The van der Waals surface area contributed by atoms with Gasteiger partial charge in [-0.2, -0.15) is 0 Å². The first-order valence-electron chi connectivity index (χ1n) is 8.98. The fourth-order valence-corrected chi connectivity index (χ4v) is 5.73. The molecule has 2 nitrogen and oxygen atoms in total. The monoisotopic (exact) mass is 274 g/mol. The van der Waals surface area contributed by atoms with Crippen LogP contribution in [0.4, 0.5) is 0 Å². The average Bonchev–Trinajstić information content (AvgIpc) is 2.46. The minimum absolute atomic E-state index is 0.950. The maximum Gasteiger partial charge on any atom is 0.0107 e. The Kier molecular flexibility index (Phi) is 3.87. The number of piperazine rings is 1. The van der Waals surface area contributed by atoms with Gasteiger partial charge < -0.3 is 10.2 Å². The normalized spacial score (nSPS) is 44.5. The van der Waals surface area contributed by atoms with Crippen LogP contribution in [0.15, 0.2) is 12.2 Å². The van der Waals surface area contributed by atoms with Gasteiger partial charge in [-0.15, -0.1) is 0 Å². The highest BCUT2D eigenvalue weighted by molar-refractivity contribution is 5.05. The molecule has 0 unspecified atom stereocenters. The number of nitrogens with zero attached hydrogens (tertiary/aromatic N) is 1. The van der Waals surface area contributed by atoms with E-state index < -0.39 is 0 Å². The third-order valence-corrected chi connectivity index (χ3v) is 6.48. The molecule has 0 aromatic rings. The second kappa shape index (κ2) is 5.81. The maximum absolute atomic E-state index is 3.43. The van der Waals surface area contributed by atoms with Gasteiger partial charge in [0.05, 0.1) is 0 Å². The van der Waals surface area contributed by atoms with Gasteiger partial charge in [0, 0.05) is 32.7 Å². The SMILES string of the molecule is C(=C\C1C2CC3CC(C2)CC1C3)/CCN1CCNCC1. The Morgan fingerprint density at radius 1 is 0.900 bits per heavy atom. The molecule has 4 saturated carbocycles. The van der Waals surface area contributed by atoms with Gasteiger partial charge in [-0.05, 0) is 68.1 Å². The van der Waals surface area contributed by atoms with Gasteiger partial charge in [-0.3, -0.25) is 0 Å². The number of nitrogens with one attached hydrogen (secondary N) is 1. The smallest absolute Gasteiger partial charge is 0.0107 e. The van der Waals surface area contributed by atoms with Gasteiger partial charge in [0.2, 0.25) is 0 Å². The number of hydrogen-bond acceptors (Lipinski definition) is 2. The predicted molar refractivity (Wildman–Crippen MR) is 83.6 cm³/mol. The van der Waals surface area contributed by atoms with Gasteiger partial charge in [-0.25, -0.2) is 0 Å². The average molecular weight is 274 g/mol. The van der Waals surface area contributed by atoms with E-state index in [-0.39, 0.29) is 0 Å². The molecular weight excluding hydrogens is 244 g/mol. The Labute approximate surface area is 124 Å². The lowest BCUT2D eigenvalue weighted by Crippen LogP contribution is -2.44. The summed E-state index contributed by atoms with van der Waals surface area (Å²) >= 11 is 0. The highest BCUT2D eigenvalue weighted by atomic mass is 15.2. The molecule has 1 aliphatic heterocycles. The minimum Gasteiger partial charge on any atom is -0.314 e. The summed E-state index contributed by atoms with van der Waals surface area (Å²) in [6, 6.07) is 0. The lowest BCUT2D eigenvalue weighted by molar-refractivity contribution is -0.0162. The standard InChI is InChI=1S/C18H30N2/c1(2-6-20-7-4-19-5-8-20)3-18-16-10-14-9-15(12-16)13-17(18)11-14/h1,3,14-19H,2,4-13H2/b3-1+. The molecule has 1 heterocycles. The summed E-state index contributed by atoms with van der Waals surface area (Å²) in [5, 5.41) is 3.43. The van der Waals surface area contributed by atoms with Crippen molar-refractivity contribution in [2.75, 3.05) is 32.7 Å². The number of allylic oxidation sites excluding steroid dienone is 1. The van der Waals surface area contributed by atoms with E-state index >= 15 is 0 Å². The summed E-state index contributed by atoms with van der Waals surface area (Å²) in [6.45, 7) is 6.11. The van der Waals surface area contributed by atoms with Crippen LogP contribution in [0.3, 0.4) is 0 Å².